The van der Waals surface area contributed by atoms with E-state index in [1.807, 2.05) is 6.92 Å². The molecule has 21 heavy (non-hydrogen) atoms. The molecule has 1 aliphatic heterocycles. The third-order valence-corrected chi connectivity index (χ3v) is 4.33. The van der Waals surface area contributed by atoms with Crippen LogP contribution in [0.3, 0.4) is 0 Å². The first kappa shape index (κ1) is 15.5. The van der Waals surface area contributed by atoms with Gasteiger partial charge in [0, 0.05) is 29.8 Å². The zero-order valence-electron chi connectivity index (χ0n) is 11.7. The second-order valence-electron chi connectivity index (χ2n) is 4.91. The molecule has 1 saturated heterocycles. The van der Waals surface area contributed by atoms with Gasteiger partial charge in [-0.25, -0.2) is 4.79 Å². The Morgan fingerprint density at radius 1 is 1.38 bits per heavy atom. The second-order valence-corrected chi connectivity index (χ2v) is 6.45. The van der Waals surface area contributed by atoms with Crippen molar-refractivity contribution in [3.63, 3.8) is 0 Å². The molecule has 1 aromatic rings. The van der Waals surface area contributed by atoms with Gasteiger partial charge in [-0.3, -0.25) is 9.69 Å². The first-order chi connectivity index (χ1) is 9.97. The SMILES string of the molecule is CC1CN(C(=O)N(CC(=O)O)c2ccc(O)cc2)CCS1. The lowest BCUT2D eigenvalue weighted by atomic mass is 10.2. The highest BCUT2D eigenvalue weighted by atomic mass is 32.2. The summed E-state index contributed by atoms with van der Waals surface area (Å²) in [6, 6.07) is 5.64. The lowest BCUT2D eigenvalue weighted by Crippen LogP contribution is -2.50. The molecule has 2 N–H and O–H groups in total. The number of rotatable bonds is 3. The molecule has 0 radical (unpaired) electrons. The van der Waals surface area contributed by atoms with E-state index < -0.39 is 12.5 Å². The summed E-state index contributed by atoms with van der Waals surface area (Å²) in [7, 11) is 0. The topological polar surface area (TPSA) is 81.1 Å². The van der Waals surface area contributed by atoms with Crippen LogP contribution in [0, 0.1) is 0 Å². The number of thioether (sulfide) groups is 1. The van der Waals surface area contributed by atoms with Gasteiger partial charge in [0.2, 0.25) is 0 Å². The number of hydrogen-bond donors (Lipinski definition) is 2. The third kappa shape index (κ3) is 4.04. The van der Waals surface area contributed by atoms with Crippen LogP contribution in [0.25, 0.3) is 0 Å². The summed E-state index contributed by atoms with van der Waals surface area (Å²) < 4.78 is 0. The fourth-order valence-electron chi connectivity index (χ4n) is 2.20. The minimum atomic E-state index is -1.07. The number of amides is 2. The van der Waals surface area contributed by atoms with Crippen molar-refractivity contribution in [2.24, 2.45) is 0 Å². The molecule has 1 fully saturated rings. The van der Waals surface area contributed by atoms with Gasteiger partial charge < -0.3 is 15.1 Å². The summed E-state index contributed by atoms with van der Waals surface area (Å²) in [5.41, 5.74) is 0.464. The van der Waals surface area contributed by atoms with Crippen molar-refractivity contribution in [3.05, 3.63) is 24.3 Å². The van der Waals surface area contributed by atoms with Gasteiger partial charge in [-0.2, -0.15) is 11.8 Å². The number of phenols is 1. The van der Waals surface area contributed by atoms with Crippen molar-refractivity contribution < 1.29 is 19.8 Å². The first-order valence-corrected chi connectivity index (χ1v) is 7.71. The summed E-state index contributed by atoms with van der Waals surface area (Å²) in [6.45, 7) is 2.87. The van der Waals surface area contributed by atoms with Gasteiger partial charge in [0.05, 0.1) is 0 Å². The highest BCUT2D eigenvalue weighted by molar-refractivity contribution is 7.99. The van der Waals surface area contributed by atoms with E-state index in [2.05, 4.69) is 0 Å². The molecule has 0 saturated carbocycles. The Labute approximate surface area is 127 Å². The quantitative estimate of drug-likeness (QED) is 0.890. The first-order valence-electron chi connectivity index (χ1n) is 6.66. The maximum Gasteiger partial charge on any atom is 0.325 e. The van der Waals surface area contributed by atoms with Gasteiger partial charge in [0.1, 0.15) is 12.3 Å². The van der Waals surface area contributed by atoms with Crippen LogP contribution in [0.2, 0.25) is 0 Å². The number of nitrogens with zero attached hydrogens (tertiary/aromatic N) is 2. The number of aliphatic carboxylic acids is 1. The van der Waals surface area contributed by atoms with Crippen molar-refractivity contribution in [2.75, 3.05) is 30.3 Å². The third-order valence-electron chi connectivity index (χ3n) is 3.20. The number of anilines is 1. The number of phenolic OH excluding ortho intramolecular Hbond substituents is 1. The van der Waals surface area contributed by atoms with Crippen molar-refractivity contribution in [2.45, 2.75) is 12.2 Å². The normalized spacial score (nSPS) is 18.3. The van der Waals surface area contributed by atoms with Crippen LogP contribution < -0.4 is 4.90 Å². The molecular formula is C14H18N2O4S. The van der Waals surface area contributed by atoms with E-state index in [0.717, 1.165) is 5.75 Å². The van der Waals surface area contributed by atoms with Crippen molar-refractivity contribution in [1.82, 2.24) is 4.90 Å². The van der Waals surface area contributed by atoms with Gasteiger partial charge >= 0.3 is 12.0 Å². The number of urea groups is 1. The van der Waals surface area contributed by atoms with E-state index >= 15 is 0 Å². The molecule has 1 aliphatic rings. The molecule has 0 spiro atoms. The maximum absolute atomic E-state index is 12.6. The molecule has 1 atom stereocenters. The summed E-state index contributed by atoms with van der Waals surface area (Å²) in [6.07, 6.45) is 0. The summed E-state index contributed by atoms with van der Waals surface area (Å²) in [4.78, 5) is 26.5. The van der Waals surface area contributed by atoms with Gasteiger partial charge in [-0.05, 0) is 24.3 Å². The monoisotopic (exact) mass is 310 g/mol. The molecular weight excluding hydrogens is 292 g/mol. The number of carbonyl (C=O) groups is 2. The van der Waals surface area contributed by atoms with E-state index in [4.69, 9.17) is 5.11 Å². The molecule has 1 aromatic carbocycles. The second kappa shape index (κ2) is 6.71. The summed E-state index contributed by atoms with van der Waals surface area (Å²) in [5, 5.41) is 18.7. The van der Waals surface area contributed by atoms with Gasteiger partial charge in [0.15, 0.2) is 0 Å². The zero-order valence-corrected chi connectivity index (χ0v) is 12.5. The highest BCUT2D eigenvalue weighted by Gasteiger charge is 2.27. The number of carbonyl (C=O) groups excluding carboxylic acids is 1. The Kier molecular flexibility index (Phi) is 4.95. The number of carboxylic acid groups (broad SMARTS) is 1. The molecule has 2 amide bonds. The summed E-state index contributed by atoms with van der Waals surface area (Å²) in [5.74, 6) is -0.149. The molecule has 114 valence electrons. The number of benzene rings is 1. The zero-order chi connectivity index (χ0) is 15.4. The Morgan fingerprint density at radius 3 is 2.62 bits per heavy atom. The van der Waals surface area contributed by atoms with E-state index in [1.54, 1.807) is 16.7 Å². The molecule has 0 aliphatic carbocycles. The molecule has 0 bridgehead atoms. The Morgan fingerprint density at radius 2 is 2.05 bits per heavy atom. The molecule has 6 nitrogen and oxygen atoms in total. The molecule has 7 heteroatoms. The Hall–Kier alpha value is -1.89. The standard InChI is InChI=1S/C14H18N2O4S/c1-10-8-15(6-7-21-10)14(20)16(9-13(18)19)11-2-4-12(17)5-3-11/h2-5,10,17H,6-9H2,1H3,(H,18,19). The van der Waals surface area contributed by atoms with Crippen LogP contribution in [0.4, 0.5) is 10.5 Å². The Bertz CT molecular complexity index is 520. The van der Waals surface area contributed by atoms with Crippen LogP contribution in [0.15, 0.2) is 24.3 Å². The van der Waals surface area contributed by atoms with Gasteiger partial charge in [-0.1, -0.05) is 6.92 Å². The fraction of sp³-hybridized carbons (Fsp3) is 0.429. The predicted octanol–water partition coefficient (Wildman–Crippen LogP) is 1.84. The van der Waals surface area contributed by atoms with E-state index in [1.165, 1.54) is 29.2 Å². The fourth-order valence-corrected chi connectivity index (χ4v) is 3.21. The van der Waals surface area contributed by atoms with Crippen molar-refractivity contribution in [1.29, 1.82) is 0 Å². The van der Waals surface area contributed by atoms with Crippen LogP contribution in [-0.2, 0) is 4.79 Å². The summed E-state index contributed by atoms with van der Waals surface area (Å²) >= 11 is 1.80. The minimum absolute atomic E-state index is 0.0736. The van der Waals surface area contributed by atoms with Gasteiger partial charge in [0.25, 0.3) is 0 Å². The number of aromatic hydroxyl groups is 1. The lowest BCUT2D eigenvalue weighted by Gasteiger charge is -2.34. The van der Waals surface area contributed by atoms with Crippen LogP contribution in [0.5, 0.6) is 5.75 Å². The van der Waals surface area contributed by atoms with Gasteiger partial charge in [-0.15, -0.1) is 0 Å². The average Bonchev–Trinajstić information content (AvgIpc) is 2.45. The van der Waals surface area contributed by atoms with E-state index in [9.17, 15) is 14.7 Å². The van der Waals surface area contributed by atoms with Crippen LogP contribution in [0.1, 0.15) is 6.92 Å². The molecule has 2 rings (SSSR count). The van der Waals surface area contributed by atoms with E-state index in [-0.39, 0.29) is 11.8 Å². The number of hydrogen-bond acceptors (Lipinski definition) is 4. The predicted molar refractivity (Wildman–Crippen MR) is 82.0 cm³/mol. The van der Waals surface area contributed by atoms with Crippen LogP contribution in [-0.4, -0.2) is 57.8 Å². The molecule has 1 heterocycles. The maximum atomic E-state index is 12.6. The van der Waals surface area contributed by atoms with E-state index in [0.29, 0.717) is 24.0 Å². The Balaban J connectivity index is 2.20. The minimum Gasteiger partial charge on any atom is -0.508 e. The smallest absolute Gasteiger partial charge is 0.325 e. The van der Waals surface area contributed by atoms with Crippen molar-refractivity contribution >= 4 is 29.4 Å². The highest BCUT2D eigenvalue weighted by Crippen LogP contribution is 2.23. The molecule has 0 aromatic heterocycles. The lowest BCUT2D eigenvalue weighted by molar-refractivity contribution is -0.135. The average molecular weight is 310 g/mol. The van der Waals surface area contributed by atoms with Crippen molar-refractivity contribution in [3.8, 4) is 5.75 Å². The number of carboxylic acids is 1. The molecule has 1 unspecified atom stereocenters. The largest absolute Gasteiger partial charge is 0.508 e. The van der Waals surface area contributed by atoms with Crippen LogP contribution >= 0.6 is 11.8 Å².